The Morgan fingerprint density at radius 1 is 1.35 bits per heavy atom. The van der Waals surface area contributed by atoms with Gasteiger partial charge in [-0.3, -0.25) is 0 Å². The van der Waals surface area contributed by atoms with Crippen LogP contribution in [0.5, 0.6) is 0 Å². The van der Waals surface area contributed by atoms with Gasteiger partial charge in [0.2, 0.25) is 10.0 Å². The predicted octanol–water partition coefficient (Wildman–Crippen LogP) is 1.42. The molecule has 3 N–H and O–H groups in total. The fourth-order valence-electron chi connectivity index (χ4n) is 2.41. The first-order valence-corrected chi connectivity index (χ1v) is 8.31. The van der Waals surface area contributed by atoms with Crippen molar-refractivity contribution < 1.29 is 13.5 Å². The van der Waals surface area contributed by atoms with Crippen LogP contribution in [0.3, 0.4) is 0 Å². The molecule has 6 heteroatoms. The molecule has 112 valence electrons. The van der Waals surface area contributed by atoms with E-state index in [9.17, 15) is 8.42 Å². The van der Waals surface area contributed by atoms with E-state index in [1.807, 2.05) is 13.8 Å². The predicted molar refractivity (Wildman–Crippen MR) is 78.9 cm³/mol. The van der Waals surface area contributed by atoms with Gasteiger partial charge >= 0.3 is 0 Å². The van der Waals surface area contributed by atoms with Crippen molar-refractivity contribution in [3.05, 3.63) is 23.3 Å². The highest BCUT2D eigenvalue weighted by Crippen LogP contribution is 2.31. The molecule has 0 heterocycles. The third-order valence-electron chi connectivity index (χ3n) is 4.09. The molecule has 1 aromatic carbocycles. The Kier molecular flexibility index (Phi) is 4.36. The number of benzene rings is 1. The van der Waals surface area contributed by atoms with Crippen molar-refractivity contribution in [1.82, 2.24) is 4.31 Å². The van der Waals surface area contributed by atoms with Crippen LogP contribution in [-0.2, 0) is 10.0 Å². The average molecular weight is 298 g/mol. The van der Waals surface area contributed by atoms with Gasteiger partial charge in [0.1, 0.15) is 0 Å². The van der Waals surface area contributed by atoms with Gasteiger partial charge in [-0.25, -0.2) is 8.42 Å². The summed E-state index contributed by atoms with van der Waals surface area (Å²) in [6.07, 6.45) is 2.76. The van der Waals surface area contributed by atoms with Gasteiger partial charge in [0.15, 0.2) is 0 Å². The minimum atomic E-state index is -3.59. The molecule has 0 aromatic heterocycles. The summed E-state index contributed by atoms with van der Waals surface area (Å²) >= 11 is 0. The lowest BCUT2D eigenvalue weighted by Crippen LogP contribution is -2.45. The SMILES string of the molecule is Cc1cc(S(=O)(=O)N(CCO)C2CCC2)cc(N)c1C. The zero-order valence-electron chi connectivity index (χ0n) is 12.0. The second kappa shape index (κ2) is 5.71. The Labute approximate surface area is 120 Å². The second-order valence-electron chi connectivity index (χ2n) is 5.38. The number of anilines is 1. The summed E-state index contributed by atoms with van der Waals surface area (Å²) < 4.78 is 26.9. The molecule has 20 heavy (non-hydrogen) atoms. The smallest absolute Gasteiger partial charge is 0.243 e. The van der Waals surface area contributed by atoms with E-state index in [0.717, 1.165) is 30.4 Å². The number of nitrogens with zero attached hydrogens (tertiary/aromatic N) is 1. The molecule has 0 saturated heterocycles. The normalized spacial score (nSPS) is 16.4. The maximum atomic E-state index is 12.7. The first-order chi connectivity index (χ1) is 9.37. The van der Waals surface area contributed by atoms with Crippen LogP contribution < -0.4 is 5.73 Å². The van der Waals surface area contributed by atoms with E-state index in [-0.39, 0.29) is 24.1 Å². The van der Waals surface area contributed by atoms with Crippen molar-refractivity contribution in [3.8, 4) is 0 Å². The van der Waals surface area contributed by atoms with Crippen molar-refractivity contribution in [3.63, 3.8) is 0 Å². The molecule has 0 radical (unpaired) electrons. The Bertz CT molecular complexity index is 571. The number of rotatable bonds is 5. The lowest BCUT2D eigenvalue weighted by molar-refractivity contribution is 0.178. The molecule has 1 aliphatic rings. The van der Waals surface area contributed by atoms with E-state index in [1.54, 1.807) is 6.07 Å². The molecule has 0 bridgehead atoms. The van der Waals surface area contributed by atoms with Crippen LogP contribution in [0, 0.1) is 13.8 Å². The number of nitrogens with two attached hydrogens (primary N) is 1. The number of aliphatic hydroxyl groups excluding tert-OH is 1. The van der Waals surface area contributed by atoms with Crippen molar-refractivity contribution in [2.24, 2.45) is 0 Å². The van der Waals surface area contributed by atoms with Crippen LogP contribution in [0.25, 0.3) is 0 Å². The summed E-state index contributed by atoms with van der Waals surface area (Å²) in [5, 5.41) is 9.14. The average Bonchev–Trinajstić information content (AvgIpc) is 2.32. The number of hydrogen-bond acceptors (Lipinski definition) is 4. The second-order valence-corrected chi connectivity index (χ2v) is 7.27. The molecule has 2 rings (SSSR count). The maximum Gasteiger partial charge on any atom is 0.243 e. The third-order valence-corrected chi connectivity index (χ3v) is 6.02. The quantitative estimate of drug-likeness (QED) is 0.805. The highest BCUT2D eigenvalue weighted by atomic mass is 32.2. The standard InChI is InChI=1S/C14H22N2O3S/c1-10-8-13(9-14(15)11(10)2)20(18,19)16(6-7-17)12-4-3-5-12/h8-9,12,17H,3-7,15H2,1-2H3. The largest absolute Gasteiger partial charge is 0.398 e. The highest BCUT2D eigenvalue weighted by molar-refractivity contribution is 7.89. The van der Waals surface area contributed by atoms with Gasteiger partial charge in [0.25, 0.3) is 0 Å². The number of aliphatic hydroxyl groups is 1. The van der Waals surface area contributed by atoms with Crippen molar-refractivity contribution >= 4 is 15.7 Å². The number of hydrogen-bond donors (Lipinski definition) is 2. The lowest BCUT2D eigenvalue weighted by Gasteiger charge is -2.36. The lowest BCUT2D eigenvalue weighted by atomic mass is 9.93. The molecular weight excluding hydrogens is 276 g/mol. The first kappa shape index (κ1) is 15.3. The Morgan fingerprint density at radius 3 is 2.45 bits per heavy atom. The van der Waals surface area contributed by atoms with Gasteiger partial charge in [0.05, 0.1) is 11.5 Å². The molecule has 0 amide bonds. The van der Waals surface area contributed by atoms with Crippen LogP contribution >= 0.6 is 0 Å². The minimum Gasteiger partial charge on any atom is -0.398 e. The zero-order chi connectivity index (χ0) is 14.9. The summed E-state index contributed by atoms with van der Waals surface area (Å²) in [5.74, 6) is 0. The summed E-state index contributed by atoms with van der Waals surface area (Å²) in [4.78, 5) is 0.221. The summed E-state index contributed by atoms with van der Waals surface area (Å²) in [5.41, 5.74) is 8.14. The van der Waals surface area contributed by atoms with Gasteiger partial charge in [0, 0.05) is 18.3 Å². The molecule has 1 aliphatic carbocycles. The molecule has 1 aromatic rings. The minimum absolute atomic E-state index is 0.00924. The summed E-state index contributed by atoms with van der Waals surface area (Å²) in [6, 6.07) is 3.18. The molecule has 1 fully saturated rings. The highest BCUT2D eigenvalue weighted by Gasteiger charge is 2.34. The Morgan fingerprint density at radius 2 is 2.00 bits per heavy atom. The zero-order valence-corrected chi connectivity index (χ0v) is 12.8. The fraction of sp³-hybridized carbons (Fsp3) is 0.571. The Balaban J connectivity index is 2.42. The topological polar surface area (TPSA) is 83.6 Å². The molecular formula is C14H22N2O3S. The number of sulfonamides is 1. The maximum absolute atomic E-state index is 12.7. The van der Waals surface area contributed by atoms with Gasteiger partial charge in [-0.15, -0.1) is 0 Å². The molecule has 5 nitrogen and oxygen atoms in total. The van der Waals surface area contributed by atoms with Crippen LogP contribution in [0.1, 0.15) is 30.4 Å². The van der Waals surface area contributed by atoms with E-state index in [2.05, 4.69) is 0 Å². The molecule has 0 aliphatic heterocycles. The van der Waals surface area contributed by atoms with Gasteiger partial charge in [-0.05, 0) is 49.9 Å². The van der Waals surface area contributed by atoms with Gasteiger partial charge in [-0.1, -0.05) is 6.42 Å². The Hall–Kier alpha value is -1.11. The van der Waals surface area contributed by atoms with Crippen molar-refractivity contribution in [1.29, 1.82) is 0 Å². The fourth-order valence-corrected chi connectivity index (χ4v) is 4.21. The van der Waals surface area contributed by atoms with E-state index in [4.69, 9.17) is 10.8 Å². The molecule has 0 spiro atoms. The number of nitrogen functional groups attached to an aromatic ring is 1. The van der Waals surface area contributed by atoms with Crippen LogP contribution in [0.2, 0.25) is 0 Å². The van der Waals surface area contributed by atoms with E-state index >= 15 is 0 Å². The third kappa shape index (κ3) is 2.68. The van der Waals surface area contributed by atoms with Crippen molar-refractivity contribution in [2.45, 2.75) is 44.0 Å². The van der Waals surface area contributed by atoms with E-state index < -0.39 is 10.0 Å². The first-order valence-electron chi connectivity index (χ1n) is 6.87. The van der Waals surface area contributed by atoms with Crippen LogP contribution in [-0.4, -0.2) is 37.0 Å². The van der Waals surface area contributed by atoms with E-state index in [1.165, 1.54) is 10.4 Å². The van der Waals surface area contributed by atoms with E-state index in [0.29, 0.717) is 5.69 Å². The van der Waals surface area contributed by atoms with Crippen LogP contribution in [0.15, 0.2) is 17.0 Å². The van der Waals surface area contributed by atoms with Gasteiger partial charge < -0.3 is 10.8 Å². The van der Waals surface area contributed by atoms with Crippen molar-refractivity contribution in [2.75, 3.05) is 18.9 Å². The van der Waals surface area contributed by atoms with Crippen LogP contribution in [0.4, 0.5) is 5.69 Å². The summed E-state index contributed by atoms with van der Waals surface area (Å²) in [7, 11) is -3.59. The monoisotopic (exact) mass is 298 g/mol. The van der Waals surface area contributed by atoms with Gasteiger partial charge in [-0.2, -0.15) is 4.31 Å². The summed E-state index contributed by atoms with van der Waals surface area (Å²) in [6.45, 7) is 3.69. The number of aryl methyl sites for hydroxylation is 1. The molecule has 0 atom stereocenters. The molecule has 0 unspecified atom stereocenters. The molecule has 1 saturated carbocycles.